The number of aryl methyl sites for hydroxylation is 1. The molecular weight excluding hydrogens is 521 g/mol. The van der Waals surface area contributed by atoms with Crippen molar-refractivity contribution in [1.82, 2.24) is 4.31 Å². The van der Waals surface area contributed by atoms with E-state index in [0.717, 1.165) is 24.3 Å². The number of halogens is 1. The van der Waals surface area contributed by atoms with Crippen LogP contribution in [0.1, 0.15) is 29.8 Å². The molecule has 0 aliphatic rings. The van der Waals surface area contributed by atoms with Gasteiger partial charge in [0.1, 0.15) is 11.6 Å². The number of hydrogen-bond donors (Lipinski definition) is 2. The zero-order chi connectivity index (χ0) is 27.4. The van der Waals surface area contributed by atoms with Gasteiger partial charge in [-0.15, -0.1) is 0 Å². The lowest BCUT2D eigenvalue weighted by Gasteiger charge is -2.20. The molecule has 12 heteroatoms. The van der Waals surface area contributed by atoms with E-state index in [2.05, 4.69) is 10.0 Å². The summed E-state index contributed by atoms with van der Waals surface area (Å²) < 4.78 is 73.7. The first-order chi connectivity index (χ1) is 17.4. The zero-order valence-electron chi connectivity index (χ0n) is 20.8. The van der Waals surface area contributed by atoms with Gasteiger partial charge in [-0.2, -0.15) is 4.31 Å². The summed E-state index contributed by atoms with van der Waals surface area (Å²) in [6.45, 7) is 5.70. The van der Waals surface area contributed by atoms with Crippen LogP contribution in [0.4, 0.5) is 15.8 Å². The molecule has 9 nitrogen and oxygen atoms in total. The molecule has 0 atom stereocenters. The van der Waals surface area contributed by atoms with Crippen LogP contribution >= 0.6 is 0 Å². The van der Waals surface area contributed by atoms with Crippen molar-refractivity contribution in [3.05, 3.63) is 77.6 Å². The van der Waals surface area contributed by atoms with E-state index in [-0.39, 0.29) is 45.6 Å². The van der Waals surface area contributed by atoms with E-state index in [1.54, 1.807) is 26.8 Å². The maximum absolute atomic E-state index is 13.2. The van der Waals surface area contributed by atoms with E-state index in [0.29, 0.717) is 5.56 Å². The maximum atomic E-state index is 13.2. The van der Waals surface area contributed by atoms with E-state index in [1.165, 1.54) is 41.7 Å². The van der Waals surface area contributed by atoms with Crippen LogP contribution in [0, 0.1) is 12.7 Å². The van der Waals surface area contributed by atoms with Gasteiger partial charge in [-0.1, -0.05) is 19.9 Å². The first-order valence-corrected chi connectivity index (χ1v) is 14.2. The number of ether oxygens (including phenoxy) is 1. The number of nitrogens with one attached hydrogen (secondary N) is 2. The quantitative estimate of drug-likeness (QED) is 0.390. The van der Waals surface area contributed by atoms with Crippen LogP contribution in [0.5, 0.6) is 5.75 Å². The molecule has 0 saturated heterocycles. The molecule has 0 bridgehead atoms. The summed E-state index contributed by atoms with van der Waals surface area (Å²) in [5, 5.41) is 2.65. The van der Waals surface area contributed by atoms with Crippen LogP contribution in [-0.4, -0.2) is 47.2 Å². The molecule has 0 spiro atoms. The number of carbonyl (C=O) groups excluding carboxylic acids is 1. The Hall–Kier alpha value is -3.48. The van der Waals surface area contributed by atoms with Crippen LogP contribution in [0.25, 0.3) is 0 Å². The number of sulfonamides is 2. The Balaban J connectivity index is 1.90. The number of amides is 1. The van der Waals surface area contributed by atoms with E-state index in [1.807, 2.05) is 0 Å². The highest BCUT2D eigenvalue weighted by Crippen LogP contribution is 2.30. The van der Waals surface area contributed by atoms with Crippen LogP contribution in [0.3, 0.4) is 0 Å². The number of benzene rings is 3. The molecule has 0 aliphatic carbocycles. The largest absolute Gasteiger partial charge is 0.495 e. The lowest BCUT2D eigenvalue weighted by molar-refractivity contribution is 0.102. The van der Waals surface area contributed by atoms with Crippen LogP contribution in [0.15, 0.2) is 70.5 Å². The fourth-order valence-corrected chi connectivity index (χ4v) is 6.38. The second-order valence-electron chi connectivity index (χ2n) is 8.00. The van der Waals surface area contributed by atoms with Crippen molar-refractivity contribution in [1.29, 1.82) is 0 Å². The fraction of sp³-hybridized carbons (Fsp3) is 0.240. The minimum Gasteiger partial charge on any atom is -0.495 e. The summed E-state index contributed by atoms with van der Waals surface area (Å²) in [6.07, 6.45) is 0. The molecule has 0 unspecified atom stereocenters. The monoisotopic (exact) mass is 549 g/mol. The Labute approximate surface area is 216 Å². The third-order valence-corrected chi connectivity index (χ3v) is 9.17. The molecule has 2 N–H and O–H groups in total. The molecular formula is C25H28FN3O6S2. The molecule has 0 heterocycles. The number of hydrogen-bond acceptors (Lipinski definition) is 6. The van der Waals surface area contributed by atoms with Gasteiger partial charge in [-0.3, -0.25) is 9.52 Å². The fourth-order valence-electron chi connectivity index (χ4n) is 3.61. The minimum absolute atomic E-state index is 0.0336. The van der Waals surface area contributed by atoms with Crippen molar-refractivity contribution in [2.45, 2.75) is 30.6 Å². The van der Waals surface area contributed by atoms with E-state index in [9.17, 15) is 26.0 Å². The molecule has 37 heavy (non-hydrogen) atoms. The molecule has 0 fully saturated rings. The second kappa shape index (κ2) is 11.3. The molecule has 3 rings (SSSR count). The zero-order valence-corrected chi connectivity index (χ0v) is 22.4. The third kappa shape index (κ3) is 6.27. The first-order valence-electron chi connectivity index (χ1n) is 11.3. The molecule has 1 amide bonds. The van der Waals surface area contributed by atoms with Crippen LogP contribution < -0.4 is 14.8 Å². The van der Waals surface area contributed by atoms with Gasteiger partial charge in [0.05, 0.1) is 22.6 Å². The summed E-state index contributed by atoms with van der Waals surface area (Å²) in [4.78, 5) is 12.9. The minimum atomic E-state index is -4.08. The average molecular weight is 550 g/mol. The van der Waals surface area contributed by atoms with Gasteiger partial charge >= 0.3 is 0 Å². The Morgan fingerprint density at radius 1 is 0.946 bits per heavy atom. The predicted octanol–water partition coefficient (Wildman–Crippen LogP) is 4.23. The van der Waals surface area contributed by atoms with Gasteiger partial charge in [0, 0.05) is 24.3 Å². The highest BCUT2D eigenvalue weighted by Gasteiger charge is 2.25. The Kier molecular flexibility index (Phi) is 8.57. The van der Waals surface area contributed by atoms with Crippen LogP contribution in [-0.2, 0) is 20.0 Å². The Morgan fingerprint density at radius 3 is 2.19 bits per heavy atom. The summed E-state index contributed by atoms with van der Waals surface area (Å²) in [6, 6.07) is 13.0. The summed E-state index contributed by atoms with van der Waals surface area (Å²) in [5.41, 5.74) is 0.889. The summed E-state index contributed by atoms with van der Waals surface area (Å²) >= 11 is 0. The Morgan fingerprint density at radius 2 is 1.59 bits per heavy atom. The lowest BCUT2D eigenvalue weighted by Crippen LogP contribution is -2.31. The van der Waals surface area contributed by atoms with Gasteiger partial charge in [0.25, 0.3) is 15.9 Å². The SMILES string of the molecule is CCN(CC)S(=O)(=O)c1cc(C(=O)Nc2ccc(OC)c(NS(=O)(=O)c3ccc(F)cc3)c2)ccc1C. The molecule has 198 valence electrons. The van der Waals surface area contributed by atoms with Crippen molar-refractivity contribution in [2.24, 2.45) is 0 Å². The number of nitrogens with zero attached hydrogens (tertiary/aromatic N) is 1. The summed E-state index contributed by atoms with van der Waals surface area (Å²) in [7, 11) is -6.52. The normalized spacial score (nSPS) is 11.8. The standard InChI is InChI=1S/C25H28FN3O6S2/c1-5-29(6-2)37(33,34)24-15-18(8-7-17(24)3)25(30)27-20-11-14-23(35-4)22(16-20)28-36(31,32)21-12-9-19(26)10-13-21/h7-16,28H,5-6H2,1-4H3,(H,27,30). The van der Waals surface area contributed by atoms with Crippen molar-refractivity contribution in [3.63, 3.8) is 0 Å². The van der Waals surface area contributed by atoms with Gasteiger partial charge in [0.15, 0.2) is 0 Å². The molecule has 3 aromatic carbocycles. The summed E-state index contributed by atoms with van der Waals surface area (Å²) in [5.74, 6) is -0.981. The van der Waals surface area contributed by atoms with Gasteiger partial charge in [-0.25, -0.2) is 21.2 Å². The van der Waals surface area contributed by atoms with Crippen molar-refractivity contribution in [2.75, 3.05) is 30.2 Å². The molecule has 0 saturated carbocycles. The lowest BCUT2D eigenvalue weighted by atomic mass is 10.1. The Bertz CT molecular complexity index is 1500. The van der Waals surface area contributed by atoms with Crippen molar-refractivity contribution in [3.8, 4) is 5.75 Å². The van der Waals surface area contributed by atoms with Gasteiger partial charge < -0.3 is 10.1 Å². The highest BCUT2D eigenvalue weighted by atomic mass is 32.2. The topological polar surface area (TPSA) is 122 Å². The number of carbonyl (C=O) groups is 1. The molecule has 0 radical (unpaired) electrons. The second-order valence-corrected chi connectivity index (χ2v) is 11.6. The van der Waals surface area contributed by atoms with Crippen molar-refractivity contribution < 1.29 is 30.8 Å². The first kappa shape index (κ1) is 28.1. The number of methoxy groups -OCH3 is 1. The predicted molar refractivity (Wildman–Crippen MR) is 139 cm³/mol. The average Bonchev–Trinajstić information content (AvgIpc) is 2.85. The van der Waals surface area contributed by atoms with Crippen LogP contribution in [0.2, 0.25) is 0 Å². The van der Waals surface area contributed by atoms with Crippen molar-refractivity contribution >= 4 is 37.3 Å². The smallest absolute Gasteiger partial charge is 0.262 e. The van der Waals surface area contributed by atoms with E-state index < -0.39 is 31.8 Å². The van der Waals surface area contributed by atoms with Gasteiger partial charge in [0.2, 0.25) is 10.0 Å². The van der Waals surface area contributed by atoms with Gasteiger partial charge in [-0.05, 0) is 67.1 Å². The highest BCUT2D eigenvalue weighted by molar-refractivity contribution is 7.92. The molecule has 0 aliphatic heterocycles. The van der Waals surface area contributed by atoms with E-state index >= 15 is 0 Å². The molecule has 3 aromatic rings. The third-order valence-electron chi connectivity index (χ3n) is 5.60. The van der Waals surface area contributed by atoms with E-state index in [4.69, 9.17) is 4.74 Å². The number of rotatable bonds is 10. The number of anilines is 2. The molecule has 0 aromatic heterocycles. The maximum Gasteiger partial charge on any atom is 0.262 e.